The van der Waals surface area contributed by atoms with Crippen LogP contribution in [0.4, 0.5) is 0 Å². The second-order valence-corrected chi connectivity index (χ2v) is 4.53. The summed E-state index contributed by atoms with van der Waals surface area (Å²) in [5.41, 5.74) is 0. The van der Waals surface area contributed by atoms with Gasteiger partial charge in [-0.15, -0.1) is 0 Å². The van der Waals surface area contributed by atoms with Gasteiger partial charge in [-0.25, -0.2) is 0 Å². The maximum Gasteiger partial charge on any atom is 0.0730 e. The van der Waals surface area contributed by atoms with Crippen LogP contribution in [0.1, 0.15) is 58.3 Å². The maximum atomic E-state index is 9.66. The summed E-state index contributed by atoms with van der Waals surface area (Å²) < 4.78 is 0. The van der Waals surface area contributed by atoms with Gasteiger partial charge in [0.2, 0.25) is 0 Å². The van der Waals surface area contributed by atoms with Crippen LogP contribution in [0.5, 0.6) is 0 Å². The molecule has 0 saturated carbocycles. The average Bonchev–Trinajstić information content (AvgIpc) is 2.41. The number of hydrogen-bond acceptors (Lipinski definition) is 2. The van der Waals surface area contributed by atoms with Crippen LogP contribution in [0.2, 0.25) is 0 Å². The third-order valence-electron chi connectivity index (χ3n) is 2.69. The fraction of sp³-hybridized carbons (Fsp3) is 0.647. The van der Waals surface area contributed by atoms with Crippen molar-refractivity contribution in [1.29, 1.82) is 0 Å². The van der Waals surface area contributed by atoms with Crippen LogP contribution in [0.25, 0.3) is 0 Å². The van der Waals surface area contributed by atoms with Gasteiger partial charge in [-0.3, -0.25) is 0 Å². The lowest BCUT2D eigenvalue weighted by atomic mass is 10.1. The first-order valence-corrected chi connectivity index (χ1v) is 7.25. The molecule has 0 aliphatic heterocycles. The molecule has 19 heavy (non-hydrogen) atoms. The summed E-state index contributed by atoms with van der Waals surface area (Å²) in [6.45, 7) is 2.37. The Labute approximate surface area is 117 Å². The molecule has 106 valence electrons. The lowest BCUT2D eigenvalue weighted by Gasteiger charge is -2.03. The van der Waals surface area contributed by atoms with E-state index in [1.807, 2.05) is 0 Å². The Morgan fingerprint density at radius 2 is 1.84 bits per heavy atom. The quantitative estimate of drug-likeness (QED) is 0.495. The second kappa shape index (κ2) is 14.8. The zero-order valence-corrected chi connectivity index (χ0v) is 12.0. The van der Waals surface area contributed by atoms with Gasteiger partial charge in [0.1, 0.15) is 0 Å². The minimum absolute atomic E-state index is 0.173. The number of aliphatic hydroxyl groups is 2. The third-order valence-corrected chi connectivity index (χ3v) is 2.69. The number of unbranched alkanes of at least 4 members (excludes halogenated alkanes) is 5. The molecule has 2 heteroatoms. The van der Waals surface area contributed by atoms with Crippen LogP contribution >= 0.6 is 0 Å². The highest BCUT2D eigenvalue weighted by Crippen LogP contribution is 2.07. The van der Waals surface area contributed by atoms with E-state index in [0.29, 0.717) is 12.8 Å². The van der Waals surface area contributed by atoms with E-state index in [1.54, 1.807) is 12.2 Å². The fourth-order valence-corrected chi connectivity index (χ4v) is 1.56. The Balaban J connectivity index is 3.62. The Hall–Kier alpha value is -1.22. The first-order valence-electron chi connectivity index (χ1n) is 7.25. The van der Waals surface area contributed by atoms with Gasteiger partial charge < -0.3 is 10.2 Å². The monoisotopic (exact) mass is 262 g/mol. The van der Waals surface area contributed by atoms with Gasteiger partial charge in [0.05, 0.1) is 6.10 Å². The van der Waals surface area contributed by atoms with Gasteiger partial charge in [0.15, 0.2) is 0 Å². The summed E-state index contributed by atoms with van der Waals surface area (Å²) in [4.78, 5) is 0. The van der Waals surface area contributed by atoms with Crippen LogP contribution in [0.3, 0.4) is 0 Å². The number of rotatable bonds is 9. The number of allylic oxidation sites excluding steroid dienone is 1. The van der Waals surface area contributed by atoms with Gasteiger partial charge in [0.25, 0.3) is 0 Å². The van der Waals surface area contributed by atoms with Crippen molar-refractivity contribution in [3.05, 3.63) is 12.2 Å². The molecule has 0 aliphatic carbocycles. The molecule has 0 aliphatic rings. The zero-order chi connectivity index (χ0) is 14.2. The zero-order valence-electron chi connectivity index (χ0n) is 12.0. The summed E-state index contributed by atoms with van der Waals surface area (Å²) >= 11 is 0. The van der Waals surface area contributed by atoms with E-state index in [2.05, 4.69) is 30.6 Å². The maximum absolute atomic E-state index is 9.66. The molecular formula is C17H26O2. The van der Waals surface area contributed by atoms with Crippen molar-refractivity contribution in [3.8, 4) is 23.7 Å². The molecule has 0 fully saturated rings. The van der Waals surface area contributed by atoms with Crippen LogP contribution in [-0.4, -0.2) is 22.9 Å². The van der Waals surface area contributed by atoms with Gasteiger partial charge in [-0.2, -0.15) is 0 Å². The van der Waals surface area contributed by atoms with Crippen LogP contribution < -0.4 is 0 Å². The van der Waals surface area contributed by atoms with Crippen LogP contribution in [-0.2, 0) is 0 Å². The summed E-state index contributed by atoms with van der Waals surface area (Å²) in [7, 11) is 0. The topological polar surface area (TPSA) is 40.5 Å². The lowest BCUT2D eigenvalue weighted by Crippen LogP contribution is -2.01. The molecule has 0 amide bonds. The molecule has 0 radical (unpaired) electrons. The van der Waals surface area contributed by atoms with E-state index in [4.69, 9.17) is 5.11 Å². The molecule has 0 unspecified atom stereocenters. The van der Waals surface area contributed by atoms with E-state index in [-0.39, 0.29) is 6.61 Å². The Morgan fingerprint density at radius 3 is 2.58 bits per heavy atom. The summed E-state index contributed by atoms with van der Waals surface area (Å²) in [6, 6.07) is 0. The molecule has 0 rings (SSSR count). The summed E-state index contributed by atoms with van der Waals surface area (Å²) in [5.74, 6) is 11.0. The molecule has 0 aromatic rings. The molecule has 1 atom stereocenters. The first-order chi connectivity index (χ1) is 9.31. The highest BCUT2D eigenvalue weighted by atomic mass is 16.3. The van der Waals surface area contributed by atoms with Gasteiger partial charge >= 0.3 is 0 Å². The molecule has 0 spiro atoms. The van der Waals surface area contributed by atoms with Gasteiger partial charge in [-0.1, -0.05) is 50.9 Å². The van der Waals surface area contributed by atoms with Crippen molar-refractivity contribution in [2.24, 2.45) is 0 Å². The normalized spacial score (nSPS) is 11.5. The molecule has 2 nitrogen and oxygen atoms in total. The van der Waals surface area contributed by atoms with Crippen LogP contribution in [0, 0.1) is 23.7 Å². The molecule has 2 N–H and O–H groups in total. The smallest absolute Gasteiger partial charge is 0.0730 e. The number of aliphatic hydroxyl groups excluding tert-OH is 2. The van der Waals surface area contributed by atoms with Crippen molar-refractivity contribution in [1.82, 2.24) is 0 Å². The third kappa shape index (κ3) is 14.7. The Bertz CT molecular complexity index is 336. The minimum atomic E-state index is -0.390. The first kappa shape index (κ1) is 17.8. The molecule has 0 aromatic carbocycles. The average molecular weight is 262 g/mol. The molecule has 0 heterocycles. The number of hydrogen-bond donors (Lipinski definition) is 2. The van der Waals surface area contributed by atoms with E-state index in [9.17, 15) is 5.11 Å². The van der Waals surface area contributed by atoms with Crippen molar-refractivity contribution in [2.45, 2.75) is 64.4 Å². The van der Waals surface area contributed by atoms with E-state index < -0.39 is 6.10 Å². The van der Waals surface area contributed by atoms with Crippen molar-refractivity contribution < 1.29 is 10.2 Å². The van der Waals surface area contributed by atoms with Gasteiger partial charge in [-0.05, 0) is 36.8 Å². The SMILES string of the molecule is CCCCCCC[C@@H](O)/C=C/C#CC#CCCCO. The Kier molecular flexibility index (Phi) is 13.9. The van der Waals surface area contributed by atoms with Crippen molar-refractivity contribution in [3.63, 3.8) is 0 Å². The van der Waals surface area contributed by atoms with Crippen molar-refractivity contribution >= 4 is 0 Å². The molecule has 0 bridgehead atoms. The predicted octanol–water partition coefficient (Wildman–Crippen LogP) is 3.04. The standard InChI is InChI=1S/C17H26O2/c1-2-3-4-8-11-14-17(19)15-12-9-6-5-7-10-13-16-18/h12,15,17-19H,2-4,8,10-11,13-14,16H2,1H3/b15-12+/t17-/m1/s1. The summed E-state index contributed by atoms with van der Waals surface area (Å²) in [5, 5.41) is 18.2. The minimum Gasteiger partial charge on any atom is -0.396 e. The predicted molar refractivity (Wildman–Crippen MR) is 80.4 cm³/mol. The van der Waals surface area contributed by atoms with E-state index >= 15 is 0 Å². The largest absolute Gasteiger partial charge is 0.396 e. The highest BCUT2D eigenvalue weighted by molar-refractivity contribution is 5.30. The van der Waals surface area contributed by atoms with Gasteiger partial charge in [0, 0.05) is 13.0 Å². The Morgan fingerprint density at radius 1 is 1.05 bits per heavy atom. The lowest BCUT2D eigenvalue weighted by molar-refractivity contribution is 0.208. The highest BCUT2D eigenvalue weighted by Gasteiger charge is 1.97. The van der Waals surface area contributed by atoms with Crippen molar-refractivity contribution in [2.75, 3.05) is 6.61 Å². The molecule has 0 aromatic heterocycles. The molecule has 0 saturated heterocycles. The summed E-state index contributed by atoms with van der Waals surface area (Å²) in [6.07, 6.45) is 11.2. The van der Waals surface area contributed by atoms with E-state index in [0.717, 1.165) is 12.8 Å². The second-order valence-electron chi connectivity index (χ2n) is 4.53. The fourth-order valence-electron chi connectivity index (χ4n) is 1.56. The van der Waals surface area contributed by atoms with E-state index in [1.165, 1.54) is 25.7 Å². The molecular weight excluding hydrogens is 236 g/mol. The van der Waals surface area contributed by atoms with Crippen LogP contribution in [0.15, 0.2) is 12.2 Å².